The maximum absolute atomic E-state index is 13.1. The van der Waals surface area contributed by atoms with E-state index in [0.717, 1.165) is 16.3 Å². The highest BCUT2D eigenvalue weighted by Crippen LogP contribution is 2.35. The normalized spacial score (nSPS) is 14.7. The van der Waals surface area contributed by atoms with E-state index in [-0.39, 0.29) is 17.5 Å². The zero-order valence-electron chi connectivity index (χ0n) is 15.0. The highest BCUT2D eigenvalue weighted by Gasteiger charge is 2.34. The van der Waals surface area contributed by atoms with Gasteiger partial charge in [-0.25, -0.2) is 14.8 Å². The number of aromatic nitrogens is 2. The third-order valence-corrected chi connectivity index (χ3v) is 5.11. The fraction of sp³-hybridized carbons (Fsp3) is 0.368. The lowest BCUT2D eigenvalue weighted by Gasteiger charge is -2.32. The Balaban J connectivity index is 1.82. The topological polar surface area (TPSA) is 72.4 Å². The molecular formula is C19H21N3O3S. The molecule has 1 aromatic carbocycles. The zero-order chi connectivity index (χ0) is 18.7. The molecule has 1 atom stereocenters. The van der Waals surface area contributed by atoms with Crippen LogP contribution in [0.25, 0.3) is 0 Å². The van der Waals surface area contributed by atoms with Crippen molar-refractivity contribution >= 4 is 29.3 Å². The summed E-state index contributed by atoms with van der Waals surface area (Å²) in [5.74, 6) is 0.325. The summed E-state index contributed by atoms with van der Waals surface area (Å²) in [6, 6.07) is 9.28. The Bertz CT molecular complexity index is 825. The van der Waals surface area contributed by atoms with Crippen LogP contribution >= 0.6 is 11.8 Å². The molecule has 1 aromatic heterocycles. The van der Waals surface area contributed by atoms with Crippen molar-refractivity contribution in [2.24, 2.45) is 5.92 Å². The minimum atomic E-state index is -0.867. The van der Waals surface area contributed by atoms with Gasteiger partial charge in [0.2, 0.25) is 0 Å². The summed E-state index contributed by atoms with van der Waals surface area (Å²) < 4.78 is 5.56. The summed E-state index contributed by atoms with van der Waals surface area (Å²) in [5.41, 5.74) is 1.03. The molecule has 26 heavy (non-hydrogen) atoms. The Kier molecular flexibility index (Phi) is 5.56. The molecule has 2 aromatic rings. The number of esters is 1. The minimum Gasteiger partial charge on any atom is -0.447 e. The van der Waals surface area contributed by atoms with Gasteiger partial charge in [0.05, 0.1) is 5.69 Å². The van der Waals surface area contributed by atoms with E-state index >= 15 is 0 Å². The third-order valence-electron chi connectivity index (χ3n) is 4.06. The van der Waals surface area contributed by atoms with E-state index in [4.69, 9.17) is 4.74 Å². The molecule has 7 heteroatoms. The Morgan fingerprint density at radius 3 is 2.73 bits per heavy atom. The van der Waals surface area contributed by atoms with Gasteiger partial charge in [-0.1, -0.05) is 26.0 Å². The SMILES string of the molecule is Cc1nccc(C(=O)O[C@H](C(=O)N2CCSc3ccccc32)C(C)C)n1. The number of para-hydroxylation sites is 1. The van der Waals surface area contributed by atoms with Gasteiger partial charge in [0.1, 0.15) is 5.82 Å². The number of nitrogens with zero attached hydrogens (tertiary/aromatic N) is 3. The van der Waals surface area contributed by atoms with Gasteiger partial charge in [0.15, 0.2) is 11.8 Å². The van der Waals surface area contributed by atoms with Gasteiger partial charge in [-0.15, -0.1) is 11.8 Å². The number of ether oxygens (including phenoxy) is 1. The minimum absolute atomic E-state index is 0.156. The van der Waals surface area contributed by atoms with Crippen molar-refractivity contribution in [3.8, 4) is 0 Å². The average molecular weight is 371 g/mol. The smallest absolute Gasteiger partial charge is 0.357 e. The lowest BCUT2D eigenvalue weighted by Crippen LogP contribution is -2.46. The Morgan fingerprint density at radius 1 is 1.23 bits per heavy atom. The van der Waals surface area contributed by atoms with Gasteiger partial charge < -0.3 is 9.64 Å². The Morgan fingerprint density at radius 2 is 2.00 bits per heavy atom. The predicted molar refractivity (Wildman–Crippen MR) is 100 cm³/mol. The van der Waals surface area contributed by atoms with E-state index in [9.17, 15) is 9.59 Å². The highest BCUT2D eigenvalue weighted by molar-refractivity contribution is 7.99. The summed E-state index contributed by atoms with van der Waals surface area (Å²) in [6.45, 7) is 6.02. The van der Waals surface area contributed by atoms with Crippen molar-refractivity contribution in [3.63, 3.8) is 0 Å². The van der Waals surface area contributed by atoms with Crippen LogP contribution in [-0.4, -0.2) is 40.2 Å². The second-order valence-corrected chi connectivity index (χ2v) is 7.50. The maximum Gasteiger partial charge on any atom is 0.357 e. The van der Waals surface area contributed by atoms with Gasteiger partial charge in [-0.05, 0) is 31.0 Å². The molecule has 0 unspecified atom stereocenters. The van der Waals surface area contributed by atoms with Crippen LogP contribution < -0.4 is 4.90 Å². The van der Waals surface area contributed by atoms with E-state index in [1.54, 1.807) is 23.6 Å². The molecule has 0 saturated carbocycles. The molecule has 0 bridgehead atoms. The maximum atomic E-state index is 13.1. The van der Waals surface area contributed by atoms with Crippen LogP contribution in [0.1, 0.15) is 30.2 Å². The predicted octanol–water partition coefficient (Wildman–Crippen LogP) is 3.11. The standard InChI is InChI=1S/C19H21N3O3S/c1-12(2)17(25-19(24)14-8-9-20-13(3)21-14)18(23)22-10-11-26-16-7-5-4-6-15(16)22/h4-9,12,17H,10-11H2,1-3H3/t17-/m0/s1. The molecular weight excluding hydrogens is 350 g/mol. The fourth-order valence-electron chi connectivity index (χ4n) is 2.77. The summed E-state index contributed by atoms with van der Waals surface area (Å²) in [5, 5.41) is 0. The van der Waals surface area contributed by atoms with Gasteiger partial charge >= 0.3 is 5.97 Å². The first kappa shape index (κ1) is 18.4. The van der Waals surface area contributed by atoms with Crippen molar-refractivity contribution in [2.75, 3.05) is 17.2 Å². The molecule has 0 spiro atoms. The fourth-order valence-corrected chi connectivity index (χ4v) is 3.76. The number of amides is 1. The summed E-state index contributed by atoms with van der Waals surface area (Å²) in [6.07, 6.45) is 0.636. The average Bonchev–Trinajstić information content (AvgIpc) is 2.64. The van der Waals surface area contributed by atoms with Gasteiger partial charge in [0.25, 0.3) is 5.91 Å². The van der Waals surface area contributed by atoms with Crippen molar-refractivity contribution in [1.82, 2.24) is 9.97 Å². The lowest BCUT2D eigenvalue weighted by atomic mass is 10.1. The van der Waals surface area contributed by atoms with Crippen LogP contribution in [0.5, 0.6) is 0 Å². The number of benzene rings is 1. The number of hydrogen-bond acceptors (Lipinski definition) is 6. The number of fused-ring (bicyclic) bond motifs is 1. The van der Waals surface area contributed by atoms with Gasteiger partial charge in [0, 0.05) is 23.4 Å². The monoisotopic (exact) mass is 371 g/mol. The molecule has 2 heterocycles. The van der Waals surface area contributed by atoms with Crippen molar-refractivity contribution < 1.29 is 14.3 Å². The van der Waals surface area contributed by atoms with E-state index in [1.807, 2.05) is 38.1 Å². The first-order valence-corrected chi connectivity index (χ1v) is 9.50. The van der Waals surface area contributed by atoms with E-state index in [1.165, 1.54) is 12.3 Å². The highest BCUT2D eigenvalue weighted by atomic mass is 32.2. The number of carbonyl (C=O) groups is 2. The molecule has 3 rings (SSSR count). The largest absolute Gasteiger partial charge is 0.447 e. The van der Waals surface area contributed by atoms with Crippen molar-refractivity contribution in [3.05, 3.63) is 48.0 Å². The number of anilines is 1. The van der Waals surface area contributed by atoms with Crippen LogP contribution in [-0.2, 0) is 9.53 Å². The molecule has 1 amide bonds. The van der Waals surface area contributed by atoms with Gasteiger partial charge in [-0.2, -0.15) is 0 Å². The van der Waals surface area contributed by atoms with Gasteiger partial charge in [-0.3, -0.25) is 4.79 Å². The van der Waals surface area contributed by atoms with E-state index in [2.05, 4.69) is 9.97 Å². The first-order valence-electron chi connectivity index (χ1n) is 8.51. The zero-order valence-corrected chi connectivity index (χ0v) is 15.8. The number of carbonyl (C=O) groups excluding carboxylic acids is 2. The van der Waals surface area contributed by atoms with E-state index in [0.29, 0.717) is 12.4 Å². The molecule has 0 N–H and O–H groups in total. The quantitative estimate of drug-likeness (QED) is 0.769. The molecule has 0 fully saturated rings. The van der Waals surface area contributed by atoms with Crippen LogP contribution in [0.2, 0.25) is 0 Å². The van der Waals surface area contributed by atoms with Crippen molar-refractivity contribution in [1.29, 1.82) is 0 Å². The summed E-state index contributed by atoms with van der Waals surface area (Å²) in [7, 11) is 0. The molecule has 1 aliphatic heterocycles. The number of hydrogen-bond donors (Lipinski definition) is 0. The Labute approximate surface area is 157 Å². The van der Waals surface area contributed by atoms with Crippen LogP contribution in [0.15, 0.2) is 41.4 Å². The molecule has 0 radical (unpaired) electrons. The first-order chi connectivity index (χ1) is 12.5. The molecule has 136 valence electrons. The van der Waals surface area contributed by atoms with E-state index < -0.39 is 12.1 Å². The second-order valence-electron chi connectivity index (χ2n) is 6.37. The summed E-state index contributed by atoms with van der Waals surface area (Å²) >= 11 is 1.72. The number of thioether (sulfide) groups is 1. The number of aryl methyl sites for hydroxylation is 1. The van der Waals surface area contributed by atoms with Crippen LogP contribution in [0, 0.1) is 12.8 Å². The second kappa shape index (κ2) is 7.86. The van der Waals surface area contributed by atoms with Crippen molar-refractivity contribution in [2.45, 2.75) is 31.8 Å². The molecule has 0 aliphatic carbocycles. The van der Waals surface area contributed by atoms with Crippen LogP contribution in [0.3, 0.4) is 0 Å². The Hall–Kier alpha value is -2.41. The number of rotatable bonds is 4. The summed E-state index contributed by atoms with van der Waals surface area (Å²) in [4.78, 5) is 36.4. The van der Waals surface area contributed by atoms with Crippen LogP contribution in [0.4, 0.5) is 5.69 Å². The molecule has 0 saturated heterocycles. The molecule has 6 nitrogen and oxygen atoms in total. The third kappa shape index (κ3) is 3.88. The lowest BCUT2D eigenvalue weighted by molar-refractivity contribution is -0.129. The molecule has 1 aliphatic rings.